The van der Waals surface area contributed by atoms with Crippen LogP contribution in [0.5, 0.6) is 5.75 Å². The average Bonchev–Trinajstić information content (AvgIpc) is 3.24. The Morgan fingerprint density at radius 2 is 1.84 bits per heavy atom. The fraction of sp³-hybridized carbons (Fsp3) is 0.0800. The Morgan fingerprint density at radius 3 is 2.71 bits per heavy atom. The summed E-state index contributed by atoms with van der Waals surface area (Å²) in [5.74, 6) is 1.54. The normalized spacial score (nSPS) is 11.0. The van der Waals surface area contributed by atoms with Gasteiger partial charge in [0.15, 0.2) is 18.2 Å². The largest absolute Gasteiger partial charge is 0.489 e. The number of hydrogen-bond acceptors (Lipinski definition) is 3. The first-order valence-electron chi connectivity index (χ1n) is 10.0. The third kappa shape index (κ3) is 4.42. The van der Waals surface area contributed by atoms with Crippen molar-refractivity contribution in [2.75, 3.05) is 0 Å². The molecule has 5 rings (SSSR count). The van der Waals surface area contributed by atoms with E-state index < -0.39 is 0 Å². The van der Waals surface area contributed by atoms with Crippen molar-refractivity contribution in [2.45, 2.75) is 13.0 Å². The molecular formula is C25H20ClN4O+. The van der Waals surface area contributed by atoms with Gasteiger partial charge in [-0.3, -0.25) is 0 Å². The summed E-state index contributed by atoms with van der Waals surface area (Å²) in [5.41, 5.74) is 5.65. The number of nitrogens with one attached hydrogen (secondary N) is 2. The zero-order chi connectivity index (χ0) is 21.0. The Kier molecular flexibility index (Phi) is 5.33. The summed E-state index contributed by atoms with van der Waals surface area (Å²) in [4.78, 5) is 15.8. The van der Waals surface area contributed by atoms with Gasteiger partial charge in [-0.05, 0) is 35.9 Å². The van der Waals surface area contributed by atoms with Crippen LogP contribution in [0.4, 0.5) is 0 Å². The molecule has 152 valence electrons. The van der Waals surface area contributed by atoms with E-state index >= 15 is 0 Å². The summed E-state index contributed by atoms with van der Waals surface area (Å²) in [6.45, 7) is 0.499. The number of hydrogen-bond donors (Lipinski definition) is 1. The van der Waals surface area contributed by atoms with E-state index in [1.165, 1.54) is 0 Å². The van der Waals surface area contributed by atoms with Crippen molar-refractivity contribution in [3.63, 3.8) is 0 Å². The second-order valence-corrected chi connectivity index (χ2v) is 7.68. The first kappa shape index (κ1) is 19.3. The van der Waals surface area contributed by atoms with Crippen LogP contribution in [0, 0.1) is 0 Å². The summed E-state index contributed by atoms with van der Waals surface area (Å²) >= 11 is 6.28. The number of aromatic amines is 2. The van der Waals surface area contributed by atoms with Crippen LogP contribution >= 0.6 is 11.6 Å². The SMILES string of the molecule is Clc1ccc(OCc2ccccc2)c(Cc2cccc(-c3nc4cc[nH+]cc4[nH]3)n2)c1. The molecule has 0 bridgehead atoms. The monoisotopic (exact) mass is 427 g/mol. The minimum atomic E-state index is 0.499. The highest BCUT2D eigenvalue weighted by atomic mass is 35.5. The summed E-state index contributed by atoms with van der Waals surface area (Å²) < 4.78 is 6.10. The predicted molar refractivity (Wildman–Crippen MR) is 121 cm³/mol. The number of imidazole rings is 1. The van der Waals surface area contributed by atoms with Gasteiger partial charge in [0, 0.05) is 28.8 Å². The molecule has 0 saturated heterocycles. The van der Waals surface area contributed by atoms with Gasteiger partial charge in [-0.1, -0.05) is 48.0 Å². The summed E-state index contributed by atoms with van der Waals surface area (Å²) in [6, 6.07) is 23.7. The lowest BCUT2D eigenvalue weighted by Gasteiger charge is -2.12. The number of ether oxygens (including phenoxy) is 1. The van der Waals surface area contributed by atoms with E-state index in [-0.39, 0.29) is 0 Å². The van der Waals surface area contributed by atoms with Crippen molar-refractivity contribution in [3.05, 3.63) is 107 Å². The first-order valence-corrected chi connectivity index (χ1v) is 10.4. The molecule has 0 unspecified atom stereocenters. The maximum absolute atomic E-state index is 6.28. The summed E-state index contributed by atoms with van der Waals surface area (Å²) in [6.07, 6.45) is 4.34. The Balaban J connectivity index is 1.40. The van der Waals surface area contributed by atoms with Crippen LogP contribution < -0.4 is 9.72 Å². The van der Waals surface area contributed by atoms with Crippen LogP contribution in [0.2, 0.25) is 5.02 Å². The van der Waals surface area contributed by atoms with Crippen LogP contribution in [-0.2, 0) is 13.0 Å². The zero-order valence-corrected chi connectivity index (χ0v) is 17.4. The van der Waals surface area contributed by atoms with Gasteiger partial charge in [0.25, 0.3) is 0 Å². The molecule has 31 heavy (non-hydrogen) atoms. The Morgan fingerprint density at radius 1 is 0.935 bits per heavy atom. The van der Waals surface area contributed by atoms with Crippen molar-refractivity contribution in [2.24, 2.45) is 0 Å². The highest BCUT2D eigenvalue weighted by Gasteiger charge is 2.11. The van der Waals surface area contributed by atoms with Crippen LogP contribution in [0.3, 0.4) is 0 Å². The van der Waals surface area contributed by atoms with E-state index in [0.29, 0.717) is 18.1 Å². The van der Waals surface area contributed by atoms with Crippen molar-refractivity contribution in [1.29, 1.82) is 0 Å². The third-order valence-corrected chi connectivity index (χ3v) is 5.24. The van der Waals surface area contributed by atoms with E-state index in [2.05, 4.69) is 15.0 Å². The molecule has 0 atom stereocenters. The Hall–Kier alpha value is -3.70. The highest BCUT2D eigenvalue weighted by Crippen LogP contribution is 2.27. The number of benzene rings is 2. The molecule has 0 aliphatic heterocycles. The maximum Gasteiger partial charge on any atom is 0.193 e. The molecule has 2 N–H and O–H groups in total. The predicted octanol–water partition coefficient (Wildman–Crippen LogP) is 5.26. The van der Waals surface area contributed by atoms with Crippen molar-refractivity contribution in [3.8, 4) is 17.3 Å². The fourth-order valence-corrected chi connectivity index (χ4v) is 3.68. The molecule has 0 fully saturated rings. The molecule has 0 aliphatic rings. The van der Waals surface area contributed by atoms with Crippen molar-refractivity contribution in [1.82, 2.24) is 15.0 Å². The van der Waals surface area contributed by atoms with Gasteiger partial charge in [0.1, 0.15) is 29.1 Å². The number of pyridine rings is 2. The number of nitrogens with zero attached hydrogens (tertiary/aromatic N) is 2. The van der Waals surface area contributed by atoms with E-state index in [1.54, 1.807) is 0 Å². The number of aromatic nitrogens is 4. The van der Waals surface area contributed by atoms with Gasteiger partial charge < -0.3 is 9.72 Å². The number of H-pyrrole nitrogens is 2. The third-order valence-electron chi connectivity index (χ3n) is 5.01. The van der Waals surface area contributed by atoms with Crippen molar-refractivity contribution >= 4 is 22.6 Å². The lowest BCUT2D eigenvalue weighted by Crippen LogP contribution is -2.01. The van der Waals surface area contributed by atoms with Gasteiger partial charge >= 0.3 is 0 Å². The molecule has 0 saturated carbocycles. The maximum atomic E-state index is 6.28. The standard InChI is InChI=1S/C25H19ClN4O/c26-19-9-10-24(31-16-17-5-2-1-3-6-17)18(13-19)14-20-7-4-8-22(28-20)25-29-21-11-12-27-15-23(21)30-25/h1-13,15H,14,16H2,(H,29,30)/p+1. The molecule has 6 heteroatoms. The highest BCUT2D eigenvalue weighted by molar-refractivity contribution is 6.30. The molecular weight excluding hydrogens is 408 g/mol. The molecule has 0 radical (unpaired) electrons. The molecule has 2 aromatic carbocycles. The quantitative estimate of drug-likeness (QED) is 0.402. The molecule has 3 heterocycles. The second-order valence-electron chi connectivity index (χ2n) is 7.25. The molecule has 5 nitrogen and oxygen atoms in total. The Bertz CT molecular complexity index is 1300. The zero-order valence-electron chi connectivity index (χ0n) is 16.7. The lowest BCUT2D eigenvalue weighted by atomic mass is 10.1. The van der Waals surface area contributed by atoms with E-state index in [1.807, 2.05) is 85.2 Å². The van der Waals surface area contributed by atoms with Gasteiger partial charge in [-0.25, -0.2) is 15.0 Å². The Labute approximate surface area is 184 Å². The van der Waals surface area contributed by atoms with E-state index in [0.717, 1.165) is 45.1 Å². The summed E-state index contributed by atoms with van der Waals surface area (Å²) in [7, 11) is 0. The number of fused-ring (bicyclic) bond motifs is 1. The molecule has 3 aromatic heterocycles. The second kappa shape index (κ2) is 8.58. The van der Waals surface area contributed by atoms with Crippen molar-refractivity contribution < 1.29 is 9.72 Å². The smallest absolute Gasteiger partial charge is 0.193 e. The van der Waals surface area contributed by atoms with Gasteiger partial charge in [0.2, 0.25) is 0 Å². The van der Waals surface area contributed by atoms with Gasteiger partial charge in [0.05, 0.1) is 0 Å². The molecule has 0 amide bonds. The van der Waals surface area contributed by atoms with Crippen LogP contribution in [0.25, 0.3) is 22.6 Å². The van der Waals surface area contributed by atoms with Crippen LogP contribution in [-0.4, -0.2) is 15.0 Å². The van der Waals surface area contributed by atoms with Crippen LogP contribution in [0.1, 0.15) is 16.8 Å². The number of rotatable bonds is 6. The molecule has 5 aromatic rings. The summed E-state index contributed by atoms with van der Waals surface area (Å²) in [5, 5.41) is 0.673. The van der Waals surface area contributed by atoms with E-state index in [9.17, 15) is 0 Å². The molecule has 0 spiro atoms. The minimum Gasteiger partial charge on any atom is -0.489 e. The fourth-order valence-electron chi connectivity index (χ4n) is 3.48. The lowest BCUT2D eigenvalue weighted by molar-refractivity contribution is -0.376. The first-order chi connectivity index (χ1) is 15.2. The molecule has 0 aliphatic carbocycles. The minimum absolute atomic E-state index is 0.499. The van der Waals surface area contributed by atoms with Crippen LogP contribution in [0.15, 0.2) is 85.2 Å². The topological polar surface area (TPSA) is 64.9 Å². The van der Waals surface area contributed by atoms with E-state index in [4.69, 9.17) is 21.3 Å². The number of halogens is 1. The average molecular weight is 428 g/mol. The van der Waals surface area contributed by atoms with Gasteiger partial charge in [-0.2, -0.15) is 0 Å². The van der Waals surface area contributed by atoms with Gasteiger partial charge in [-0.15, -0.1) is 0 Å².